The minimum Gasteiger partial charge on any atom is -0.496 e. The van der Waals surface area contributed by atoms with Crippen molar-refractivity contribution in [1.82, 2.24) is 10.6 Å². The third kappa shape index (κ3) is 4.20. The van der Waals surface area contributed by atoms with Crippen LogP contribution in [0.2, 0.25) is 0 Å². The van der Waals surface area contributed by atoms with Gasteiger partial charge in [-0.05, 0) is 43.4 Å². The predicted octanol–water partition coefficient (Wildman–Crippen LogP) is 2.96. The van der Waals surface area contributed by atoms with Crippen molar-refractivity contribution in [2.24, 2.45) is 0 Å². The fraction of sp³-hybridized carbons (Fsp3) is 0.526. The molecule has 2 aliphatic rings. The van der Waals surface area contributed by atoms with Crippen molar-refractivity contribution in [3.8, 4) is 5.75 Å². The van der Waals surface area contributed by atoms with E-state index in [1.807, 2.05) is 13.0 Å². The first kappa shape index (κ1) is 18.8. The molecular weight excluding hydrogens is 352 g/mol. The lowest BCUT2D eigenvalue weighted by atomic mass is 9.94. The molecule has 26 heavy (non-hydrogen) atoms. The van der Waals surface area contributed by atoms with Crippen LogP contribution in [-0.2, 0) is 11.2 Å². The minimum atomic E-state index is -0.454. The summed E-state index contributed by atoms with van der Waals surface area (Å²) in [4.78, 5) is 36.0. The lowest BCUT2D eigenvalue weighted by Crippen LogP contribution is -2.36. The highest BCUT2D eigenvalue weighted by molar-refractivity contribution is 8.15. The molecule has 2 N–H and O–H groups in total. The maximum Gasteiger partial charge on any atom is 0.286 e. The van der Waals surface area contributed by atoms with Gasteiger partial charge in [-0.15, -0.1) is 0 Å². The van der Waals surface area contributed by atoms with Crippen molar-refractivity contribution in [2.75, 3.05) is 7.11 Å². The molecule has 1 saturated carbocycles. The van der Waals surface area contributed by atoms with Gasteiger partial charge in [-0.1, -0.05) is 37.1 Å². The quantitative estimate of drug-likeness (QED) is 0.825. The fourth-order valence-corrected chi connectivity index (χ4v) is 4.52. The largest absolute Gasteiger partial charge is 0.496 e. The molecule has 7 heteroatoms. The molecule has 0 bridgehead atoms. The number of nitrogens with one attached hydrogen (secondary N) is 2. The maximum absolute atomic E-state index is 12.8. The summed E-state index contributed by atoms with van der Waals surface area (Å²) >= 11 is 0.996. The Morgan fingerprint density at radius 2 is 2.00 bits per heavy atom. The molecule has 0 radical (unpaired) electrons. The fourth-order valence-electron chi connectivity index (χ4n) is 3.66. The Bertz CT molecular complexity index is 728. The molecule has 0 spiro atoms. The molecule has 2 fully saturated rings. The van der Waals surface area contributed by atoms with Gasteiger partial charge in [0.25, 0.3) is 11.1 Å². The van der Waals surface area contributed by atoms with E-state index in [1.165, 1.54) is 6.42 Å². The number of amides is 3. The number of carbonyl (C=O) groups is 3. The van der Waals surface area contributed by atoms with Gasteiger partial charge in [0, 0.05) is 6.04 Å². The van der Waals surface area contributed by atoms with Crippen molar-refractivity contribution in [3.05, 3.63) is 28.8 Å². The van der Waals surface area contributed by atoms with Crippen molar-refractivity contribution < 1.29 is 19.1 Å². The maximum atomic E-state index is 12.8. The van der Waals surface area contributed by atoms with Gasteiger partial charge in [0.2, 0.25) is 5.91 Å². The van der Waals surface area contributed by atoms with Crippen LogP contribution < -0.4 is 15.4 Å². The third-order valence-corrected chi connectivity index (χ3v) is 5.89. The van der Waals surface area contributed by atoms with Gasteiger partial charge in [0.15, 0.2) is 0 Å². The first-order valence-corrected chi connectivity index (χ1v) is 9.85. The number of imide groups is 1. The van der Waals surface area contributed by atoms with Crippen molar-refractivity contribution in [1.29, 1.82) is 0 Å². The number of benzene rings is 1. The van der Waals surface area contributed by atoms with Crippen molar-refractivity contribution >= 4 is 28.8 Å². The first-order chi connectivity index (χ1) is 12.5. The van der Waals surface area contributed by atoms with Crippen LogP contribution >= 0.6 is 11.8 Å². The number of hydrogen-bond donors (Lipinski definition) is 2. The second kappa shape index (κ2) is 8.12. The normalized spacial score (nSPS) is 20.8. The molecule has 1 aromatic rings. The lowest BCUT2D eigenvalue weighted by Gasteiger charge is -2.23. The number of rotatable bonds is 5. The number of methoxy groups -OCH3 is 1. The minimum absolute atomic E-state index is 0.140. The van der Waals surface area contributed by atoms with Crippen molar-refractivity contribution in [3.63, 3.8) is 0 Å². The molecule has 0 aromatic heterocycles. The Morgan fingerprint density at radius 1 is 1.27 bits per heavy atom. The van der Waals surface area contributed by atoms with Gasteiger partial charge in [0.1, 0.15) is 5.75 Å². The summed E-state index contributed by atoms with van der Waals surface area (Å²) < 4.78 is 5.45. The van der Waals surface area contributed by atoms with Gasteiger partial charge in [0.05, 0.1) is 17.9 Å². The number of ether oxygens (including phenoxy) is 1. The second-order valence-electron chi connectivity index (χ2n) is 6.89. The molecule has 3 amide bonds. The average molecular weight is 376 g/mol. The van der Waals surface area contributed by atoms with Gasteiger partial charge in [-0.3, -0.25) is 19.7 Å². The number of hydrogen-bond acceptors (Lipinski definition) is 5. The van der Waals surface area contributed by atoms with E-state index in [0.717, 1.165) is 48.6 Å². The molecular formula is C19H24N2O4S. The lowest BCUT2D eigenvalue weighted by molar-refractivity contribution is -0.118. The third-order valence-electron chi connectivity index (χ3n) is 4.91. The van der Waals surface area contributed by atoms with Crippen LogP contribution in [-0.4, -0.2) is 35.5 Å². The molecule has 1 heterocycles. The predicted molar refractivity (Wildman–Crippen MR) is 101 cm³/mol. The first-order valence-electron chi connectivity index (χ1n) is 8.97. The van der Waals surface area contributed by atoms with Gasteiger partial charge < -0.3 is 10.1 Å². The van der Waals surface area contributed by atoms with E-state index in [2.05, 4.69) is 10.6 Å². The van der Waals surface area contributed by atoms with Gasteiger partial charge in [-0.2, -0.15) is 0 Å². The highest BCUT2D eigenvalue weighted by atomic mass is 32.2. The Kier molecular flexibility index (Phi) is 5.86. The molecule has 3 rings (SSSR count). The van der Waals surface area contributed by atoms with E-state index in [4.69, 9.17) is 4.74 Å². The zero-order valence-electron chi connectivity index (χ0n) is 15.1. The summed E-state index contributed by atoms with van der Waals surface area (Å²) in [5.41, 5.74) is 2.18. The van der Waals surface area contributed by atoms with Crippen LogP contribution in [0.3, 0.4) is 0 Å². The van der Waals surface area contributed by atoms with Crippen LogP contribution in [0.5, 0.6) is 5.75 Å². The molecule has 6 nitrogen and oxygen atoms in total. The molecule has 1 aromatic carbocycles. The van der Waals surface area contributed by atoms with E-state index in [0.29, 0.717) is 17.7 Å². The Balaban J connectivity index is 1.80. The van der Waals surface area contributed by atoms with E-state index in [-0.39, 0.29) is 23.1 Å². The highest BCUT2D eigenvalue weighted by Crippen LogP contribution is 2.29. The summed E-state index contributed by atoms with van der Waals surface area (Å²) in [6, 6.07) is 3.90. The highest BCUT2D eigenvalue weighted by Gasteiger charge is 2.32. The zero-order valence-corrected chi connectivity index (χ0v) is 15.9. The van der Waals surface area contributed by atoms with Gasteiger partial charge in [-0.25, -0.2) is 0 Å². The monoisotopic (exact) mass is 376 g/mol. The average Bonchev–Trinajstić information content (AvgIpc) is 2.92. The second-order valence-corrected chi connectivity index (χ2v) is 8.06. The molecule has 1 aliphatic heterocycles. The summed E-state index contributed by atoms with van der Waals surface area (Å²) in [6.07, 6.45) is 5.93. The Labute approximate surface area is 157 Å². The van der Waals surface area contributed by atoms with E-state index in [1.54, 1.807) is 13.2 Å². The van der Waals surface area contributed by atoms with E-state index in [9.17, 15) is 14.4 Å². The molecule has 1 saturated heterocycles. The molecule has 140 valence electrons. The van der Waals surface area contributed by atoms with E-state index >= 15 is 0 Å². The van der Waals surface area contributed by atoms with Gasteiger partial charge >= 0.3 is 0 Å². The smallest absolute Gasteiger partial charge is 0.286 e. The molecule has 1 atom stereocenters. The van der Waals surface area contributed by atoms with Crippen LogP contribution in [0.15, 0.2) is 12.1 Å². The van der Waals surface area contributed by atoms with Crippen LogP contribution in [0.1, 0.15) is 53.6 Å². The van der Waals surface area contributed by atoms with Crippen LogP contribution in [0.25, 0.3) is 0 Å². The Hall–Kier alpha value is -2.02. The van der Waals surface area contributed by atoms with Crippen molar-refractivity contribution in [2.45, 2.75) is 56.7 Å². The molecule has 1 aliphatic carbocycles. The number of carbonyl (C=O) groups excluding carboxylic acids is 3. The summed E-state index contributed by atoms with van der Waals surface area (Å²) in [6.45, 7) is 1.88. The topological polar surface area (TPSA) is 84.5 Å². The summed E-state index contributed by atoms with van der Waals surface area (Å²) in [5, 5.41) is 4.64. The standard InChI is InChI=1S/C19H24N2O4S/c1-11-8-12(10-15-18(23)21-19(24)26-15)9-14(16(11)25-2)17(22)20-13-6-4-3-5-7-13/h8-9,13,15H,3-7,10H2,1-2H3,(H,20,22)(H,21,23,24). The Morgan fingerprint density at radius 3 is 2.62 bits per heavy atom. The summed E-state index contributed by atoms with van der Waals surface area (Å²) in [5.74, 6) is 0.140. The van der Waals surface area contributed by atoms with E-state index < -0.39 is 5.25 Å². The van der Waals surface area contributed by atoms with Crippen LogP contribution in [0.4, 0.5) is 4.79 Å². The number of aryl methyl sites for hydroxylation is 1. The van der Waals surface area contributed by atoms with Crippen LogP contribution in [0, 0.1) is 6.92 Å². The summed E-state index contributed by atoms with van der Waals surface area (Å²) in [7, 11) is 1.55. The molecule has 1 unspecified atom stereocenters. The zero-order chi connectivity index (χ0) is 18.7. The number of thioether (sulfide) groups is 1. The SMILES string of the molecule is COc1c(C)cc(CC2SC(=O)NC2=O)cc1C(=O)NC1CCCCC1.